The third-order valence-corrected chi connectivity index (χ3v) is 5.95. The summed E-state index contributed by atoms with van der Waals surface area (Å²) in [7, 11) is 1.60. The van der Waals surface area contributed by atoms with Gasteiger partial charge in [-0.05, 0) is 43.5 Å². The first-order valence-corrected chi connectivity index (χ1v) is 10.1. The quantitative estimate of drug-likeness (QED) is 0.847. The van der Waals surface area contributed by atoms with Crippen LogP contribution in [0.25, 0.3) is 0 Å². The molecule has 0 aliphatic carbocycles. The first-order chi connectivity index (χ1) is 14.1. The van der Waals surface area contributed by atoms with Gasteiger partial charge in [0, 0.05) is 12.1 Å². The SMILES string of the molecule is COc1ccccc1CN1C(=O)C2CCCNC2N(Cc2ccccc2C)C1=O. The number of methoxy groups -OCH3 is 1. The highest BCUT2D eigenvalue weighted by atomic mass is 16.5. The van der Waals surface area contributed by atoms with Gasteiger partial charge in [0.15, 0.2) is 0 Å². The first-order valence-electron chi connectivity index (χ1n) is 10.1. The highest BCUT2D eigenvalue weighted by Gasteiger charge is 2.47. The molecule has 2 aliphatic heterocycles. The van der Waals surface area contributed by atoms with Gasteiger partial charge in [0.25, 0.3) is 0 Å². The summed E-state index contributed by atoms with van der Waals surface area (Å²) in [6, 6.07) is 15.4. The van der Waals surface area contributed by atoms with Gasteiger partial charge < -0.3 is 9.64 Å². The summed E-state index contributed by atoms with van der Waals surface area (Å²) in [6.45, 7) is 3.57. The molecule has 0 bridgehead atoms. The Labute approximate surface area is 171 Å². The van der Waals surface area contributed by atoms with E-state index in [1.54, 1.807) is 7.11 Å². The predicted octanol–water partition coefficient (Wildman–Crippen LogP) is 3.29. The summed E-state index contributed by atoms with van der Waals surface area (Å²) in [6.07, 6.45) is 1.47. The van der Waals surface area contributed by atoms with Crippen molar-refractivity contribution in [2.24, 2.45) is 5.92 Å². The van der Waals surface area contributed by atoms with Crippen LogP contribution >= 0.6 is 0 Å². The third kappa shape index (κ3) is 3.72. The van der Waals surface area contributed by atoms with Gasteiger partial charge in [0.05, 0.1) is 25.7 Å². The summed E-state index contributed by atoms with van der Waals surface area (Å²) in [5, 5.41) is 3.41. The van der Waals surface area contributed by atoms with E-state index in [0.29, 0.717) is 12.3 Å². The van der Waals surface area contributed by atoms with Crippen molar-refractivity contribution in [2.75, 3.05) is 13.7 Å². The number of rotatable bonds is 5. The minimum atomic E-state index is -0.253. The van der Waals surface area contributed by atoms with Gasteiger partial charge in [0.1, 0.15) is 5.75 Å². The molecule has 2 aromatic carbocycles. The molecule has 2 fully saturated rings. The number of piperidine rings is 1. The van der Waals surface area contributed by atoms with Gasteiger partial charge in [-0.3, -0.25) is 15.0 Å². The number of fused-ring (bicyclic) bond motifs is 1. The van der Waals surface area contributed by atoms with E-state index in [-0.39, 0.29) is 30.6 Å². The van der Waals surface area contributed by atoms with Crippen molar-refractivity contribution in [1.82, 2.24) is 15.1 Å². The Morgan fingerprint density at radius 3 is 2.52 bits per heavy atom. The molecular formula is C23H27N3O3. The smallest absolute Gasteiger partial charge is 0.328 e. The number of carbonyl (C=O) groups excluding carboxylic acids is 2. The summed E-state index contributed by atoms with van der Waals surface area (Å²) in [5.74, 6) is 0.363. The van der Waals surface area contributed by atoms with E-state index in [1.807, 2.05) is 60.4 Å². The van der Waals surface area contributed by atoms with Crippen LogP contribution < -0.4 is 10.1 Å². The van der Waals surface area contributed by atoms with Gasteiger partial charge in [-0.25, -0.2) is 4.79 Å². The molecule has 2 unspecified atom stereocenters. The van der Waals surface area contributed by atoms with E-state index in [9.17, 15) is 9.59 Å². The largest absolute Gasteiger partial charge is 0.496 e. The number of nitrogens with zero attached hydrogens (tertiary/aromatic N) is 2. The highest BCUT2D eigenvalue weighted by Crippen LogP contribution is 2.31. The van der Waals surface area contributed by atoms with E-state index in [0.717, 1.165) is 36.1 Å². The molecule has 1 N–H and O–H groups in total. The molecule has 0 spiro atoms. The first kappa shape index (κ1) is 19.5. The van der Waals surface area contributed by atoms with Gasteiger partial charge in [0.2, 0.25) is 5.91 Å². The molecule has 152 valence electrons. The number of benzene rings is 2. The molecule has 3 amide bonds. The highest BCUT2D eigenvalue weighted by molar-refractivity contribution is 5.98. The molecule has 2 heterocycles. The third-order valence-electron chi connectivity index (χ3n) is 5.95. The minimum absolute atomic E-state index is 0.0980. The maximum atomic E-state index is 13.5. The van der Waals surface area contributed by atoms with Crippen molar-refractivity contribution in [2.45, 2.75) is 39.0 Å². The Morgan fingerprint density at radius 2 is 1.76 bits per heavy atom. The average molecular weight is 393 g/mol. The Hall–Kier alpha value is -2.86. The van der Waals surface area contributed by atoms with E-state index >= 15 is 0 Å². The number of nitrogens with one attached hydrogen (secondary N) is 1. The van der Waals surface area contributed by atoms with Crippen molar-refractivity contribution >= 4 is 11.9 Å². The van der Waals surface area contributed by atoms with Crippen LogP contribution in [0.15, 0.2) is 48.5 Å². The molecule has 2 atom stereocenters. The maximum absolute atomic E-state index is 13.5. The number of carbonyl (C=O) groups is 2. The lowest BCUT2D eigenvalue weighted by atomic mass is 9.90. The van der Waals surface area contributed by atoms with Crippen molar-refractivity contribution in [3.63, 3.8) is 0 Å². The van der Waals surface area contributed by atoms with E-state index in [1.165, 1.54) is 4.90 Å². The lowest BCUT2D eigenvalue weighted by molar-refractivity contribution is -0.142. The van der Waals surface area contributed by atoms with Crippen LogP contribution in [0.4, 0.5) is 4.79 Å². The summed E-state index contributed by atoms with van der Waals surface area (Å²) in [5.41, 5.74) is 3.06. The van der Waals surface area contributed by atoms with Crippen LogP contribution in [0, 0.1) is 12.8 Å². The van der Waals surface area contributed by atoms with Crippen molar-refractivity contribution in [3.05, 3.63) is 65.2 Å². The number of hydrogen-bond donors (Lipinski definition) is 1. The number of urea groups is 1. The number of ether oxygens (including phenoxy) is 1. The second kappa shape index (κ2) is 8.25. The van der Waals surface area contributed by atoms with Gasteiger partial charge in [-0.1, -0.05) is 42.5 Å². The molecule has 29 heavy (non-hydrogen) atoms. The fourth-order valence-corrected chi connectivity index (χ4v) is 4.31. The van der Waals surface area contributed by atoms with Crippen molar-refractivity contribution in [1.29, 1.82) is 0 Å². The molecule has 4 rings (SSSR count). The van der Waals surface area contributed by atoms with E-state index in [4.69, 9.17) is 4.74 Å². The minimum Gasteiger partial charge on any atom is -0.496 e. The number of para-hydroxylation sites is 1. The zero-order valence-electron chi connectivity index (χ0n) is 16.9. The lowest BCUT2D eigenvalue weighted by Gasteiger charge is -2.47. The molecule has 0 aromatic heterocycles. The number of aryl methyl sites for hydroxylation is 1. The summed E-state index contributed by atoms with van der Waals surface area (Å²) >= 11 is 0. The second-order valence-corrected chi connectivity index (χ2v) is 7.72. The zero-order chi connectivity index (χ0) is 20.4. The summed E-state index contributed by atoms with van der Waals surface area (Å²) < 4.78 is 5.43. The van der Waals surface area contributed by atoms with Crippen molar-refractivity contribution < 1.29 is 14.3 Å². The van der Waals surface area contributed by atoms with Crippen LogP contribution in [0.3, 0.4) is 0 Å². The molecule has 0 radical (unpaired) electrons. The molecule has 6 heteroatoms. The van der Waals surface area contributed by atoms with Crippen LogP contribution in [0.1, 0.15) is 29.5 Å². The number of amides is 3. The number of hydrogen-bond acceptors (Lipinski definition) is 4. The topological polar surface area (TPSA) is 61.9 Å². The van der Waals surface area contributed by atoms with Gasteiger partial charge in [-0.15, -0.1) is 0 Å². The van der Waals surface area contributed by atoms with Crippen LogP contribution in [-0.2, 0) is 17.9 Å². The lowest BCUT2D eigenvalue weighted by Crippen LogP contribution is -2.66. The monoisotopic (exact) mass is 393 g/mol. The molecule has 2 saturated heterocycles. The Bertz CT molecular complexity index is 914. The van der Waals surface area contributed by atoms with Gasteiger partial charge in [-0.2, -0.15) is 0 Å². The Kier molecular flexibility index (Phi) is 5.53. The Morgan fingerprint density at radius 1 is 1.03 bits per heavy atom. The zero-order valence-corrected chi connectivity index (χ0v) is 16.9. The fourth-order valence-electron chi connectivity index (χ4n) is 4.31. The van der Waals surface area contributed by atoms with E-state index in [2.05, 4.69) is 5.32 Å². The van der Waals surface area contributed by atoms with E-state index < -0.39 is 0 Å². The Balaban J connectivity index is 1.66. The predicted molar refractivity (Wildman–Crippen MR) is 110 cm³/mol. The molecule has 6 nitrogen and oxygen atoms in total. The molecular weight excluding hydrogens is 366 g/mol. The fraction of sp³-hybridized carbons (Fsp3) is 0.391. The molecule has 2 aromatic rings. The van der Waals surface area contributed by atoms with Gasteiger partial charge >= 0.3 is 6.03 Å². The average Bonchev–Trinajstić information content (AvgIpc) is 2.75. The second-order valence-electron chi connectivity index (χ2n) is 7.72. The van der Waals surface area contributed by atoms with Crippen LogP contribution in [0.5, 0.6) is 5.75 Å². The normalized spacial score (nSPS) is 21.9. The standard InChI is InChI=1S/C23H27N3O3/c1-16-8-3-4-9-17(16)14-25-21-19(11-7-13-24-21)22(27)26(23(25)28)15-18-10-5-6-12-20(18)29-2/h3-6,8-10,12,19,21,24H,7,11,13-15H2,1-2H3. The number of imide groups is 1. The molecule has 2 aliphatic rings. The van der Waals surface area contributed by atoms with Crippen molar-refractivity contribution in [3.8, 4) is 5.75 Å². The summed E-state index contributed by atoms with van der Waals surface area (Å²) in [4.78, 5) is 29.9. The van der Waals surface area contributed by atoms with Crippen LogP contribution in [0.2, 0.25) is 0 Å². The molecule has 0 saturated carbocycles. The maximum Gasteiger partial charge on any atom is 0.328 e. The van der Waals surface area contributed by atoms with Crippen LogP contribution in [-0.4, -0.2) is 41.6 Å².